The third-order valence-corrected chi connectivity index (χ3v) is 3.32. The molecule has 0 N–H and O–H groups in total. The SMILES string of the molecule is Cc1cc(-n2nnnc2C(C)Cl)ccc1Br. The predicted molar refractivity (Wildman–Crippen MR) is 65.9 cm³/mol. The van der Waals surface area contributed by atoms with Crippen LogP contribution in [0, 0.1) is 6.92 Å². The van der Waals surface area contributed by atoms with Crippen LogP contribution in [0.1, 0.15) is 23.7 Å². The fourth-order valence-corrected chi connectivity index (χ4v) is 1.77. The van der Waals surface area contributed by atoms with E-state index < -0.39 is 0 Å². The molecule has 84 valence electrons. The van der Waals surface area contributed by atoms with Gasteiger partial charge < -0.3 is 0 Å². The summed E-state index contributed by atoms with van der Waals surface area (Å²) in [6.07, 6.45) is 0. The summed E-state index contributed by atoms with van der Waals surface area (Å²) in [7, 11) is 0. The van der Waals surface area contributed by atoms with Crippen molar-refractivity contribution in [1.29, 1.82) is 0 Å². The van der Waals surface area contributed by atoms with E-state index in [0.29, 0.717) is 5.82 Å². The van der Waals surface area contributed by atoms with Crippen molar-refractivity contribution >= 4 is 27.5 Å². The molecule has 0 radical (unpaired) electrons. The van der Waals surface area contributed by atoms with E-state index in [4.69, 9.17) is 11.6 Å². The Morgan fingerprint density at radius 3 is 2.81 bits per heavy atom. The van der Waals surface area contributed by atoms with E-state index >= 15 is 0 Å². The topological polar surface area (TPSA) is 43.6 Å². The molecule has 0 aliphatic heterocycles. The highest BCUT2D eigenvalue weighted by atomic mass is 79.9. The second kappa shape index (κ2) is 4.51. The number of tetrazole rings is 1. The Balaban J connectivity index is 2.50. The Kier molecular flexibility index (Phi) is 3.25. The summed E-state index contributed by atoms with van der Waals surface area (Å²) in [5.41, 5.74) is 2.04. The van der Waals surface area contributed by atoms with Crippen molar-refractivity contribution < 1.29 is 0 Å². The van der Waals surface area contributed by atoms with Gasteiger partial charge in [0.15, 0.2) is 5.82 Å². The maximum Gasteiger partial charge on any atom is 0.174 e. The minimum Gasteiger partial charge on any atom is -0.196 e. The Morgan fingerprint density at radius 1 is 1.44 bits per heavy atom. The van der Waals surface area contributed by atoms with Crippen LogP contribution in [0.2, 0.25) is 0 Å². The van der Waals surface area contributed by atoms with Crippen molar-refractivity contribution in [1.82, 2.24) is 20.2 Å². The first-order chi connectivity index (χ1) is 7.59. The highest BCUT2D eigenvalue weighted by Gasteiger charge is 2.13. The van der Waals surface area contributed by atoms with Gasteiger partial charge in [-0.3, -0.25) is 0 Å². The number of hydrogen-bond donors (Lipinski definition) is 0. The van der Waals surface area contributed by atoms with Gasteiger partial charge in [-0.2, -0.15) is 4.68 Å². The molecule has 0 saturated carbocycles. The lowest BCUT2D eigenvalue weighted by Gasteiger charge is -2.07. The van der Waals surface area contributed by atoms with Crippen LogP contribution in [0.25, 0.3) is 5.69 Å². The third-order valence-electron chi connectivity index (χ3n) is 2.24. The number of aryl methyl sites for hydroxylation is 1. The summed E-state index contributed by atoms with van der Waals surface area (Å²) < 4.78 is 2.71. The molecule has 1 aromatic heterocycles. The normalized spacial score (nSPS) is 12.8. The van der Waals surface area contributed by atoms with Crippen LogP contribution in [0.4, 0.5) is 0 Å². The quantitative estimate of drug-likeness (QED) is 0.801. The average Bonchev–Trinajstić information content (AvgIpc) is 2.71. The van der Waals surface area contributed by atoms with Gasteiger partial charge in [-0.15, -0.1) is 16.7 Å². The summed E-state index contributed by atoms with van der Waals surface area (Å²) in [6.45, 7) is 3.86. The van der Waals surface area contributed by atoms with E-state index in [0.717, 1.165) is 15.7 Å². The molecule has 4 nitrogen and oxygen atoms in total. The molecule has 0 saturated heterocycles. The third kappa shape index (κ3) is 2.10. The highest BCUT2D eigenvalue weighted by molar-refractivity contribution is 9.10. The number of alkyl halides is 1. The highest BCUT2D eigenvalue weighted by Crippen LogP contribution is 2.22. The smallest absolute Gasteiger partial charge is 0.174 e. The first-order valence-corrected chi connectivity index (χ1v) is 6.01. The molecular weight excluding hydrogens is 291 g/mol. The minimum atomic E-state index is -0.223. The monoisotopic (exact) mass is 300 g/mol. The van der Waals surface area contributed by atoms with Gasteiger partial charge in [-0.1, -0.05) is 15.9 Å². The van der Waals surface area contributed by atoms with Crippen LogP contribution in [0.15, 0.2) is 22.7 Å². The summed E-state index contributed by atoms with van der Waals surface area (Å²) in [5.74, 6) is 0.642. The lowest BCUT2D eigenvalue weighted by Crippen LogP contribution is -2.04. The van der Waals surface area contributed by atoms with E-state index in [1.165, 1.54) is 0 Å². The number of nitrogens with zero attached hydrogens (tertiary/aromatic N) is 4. The van der Waals surface area contributed by atoms with Gasteiger partial charge in [-0.05, 0) is 48.0 Å². The zero-order valence-electron chi connectivity index (χ0n) is 8.85. The van der Waals surface area contributed by atoms with Crippen molar-refractivity contribution in [2.45, 2.75) is 19.2 Å². The Hall–Kier alpha value is -0.940. The standard InChI is InChI=1S/C10H10BrClN4/c1-6-5-8(3-4-9(6)11)16-10(7(2)12)13-14-15-16/h3-5,7H,1-2H3. The molecule has 2 rings (SSSR count). The molecule has 1 unspecified atom stereocenters. The number of benzene rings is 1. The number of rotatable bonds is 2. The predicted octanol–water partition coefficient (Wildman–Crippen LogP) is 3.03. The van der Waals surface area contributed by atoms with E-state index in [1.807, 2.05) is 32.0 Å². The first kappa shape index (κ1) is 11.5. The molecule has 0 aliphatic carbocycles. The zero-order chi connectivity index (χ0) is 11.7. The van der Waals surface area contributed by atoms with Crippen molar-refractivity contribution in [2.75, 3.05) is 0 Å². The van der Waals surface area contributed by atoms with E-state index in [2.05, 4.69) is 31.5 Å². The molecule has 6 heteroatoms. The molecule has 0 spiro atoms. The van der Waals surface area contributed by atoms with Crippen LogP contribution in [-0.4, -0.2) is 20.2 Å². The number of hydrogen-bond acceptors (Lipinski definition) is 3. The lowest BCUT2D eigenvalue weighted by molar-refractivity contribution is 0.760. The molecule has 16 heavy (non-hydrogen) atoms. The molecule has 1 atom stereocenters. The largest absolute Gasteiger partial charge is 0.196 e. The van der Waals surface area contributed by atoms with Crippen LogP contribution < -0.4 is 0 Å². The van der Waals surface area contributed by atoms with Crippen LogP contribution in [-0.2, 0) is 0 Å². The van der Waals surface area contributed by atoms with Gasteiger partial charge in [0.25, 0.3) is 0 Å². The summed E-state index contributed by atoms with van der Waals surface area (Å²) in [5, 5.41) is 11.3. The molecule has 0 bridgehead atoms. The van der Waals surface area contributed by atoms with Gasteiger partial charge in [-0.25, -0.2) is 0 Å². The van der Waals surface area contributed by atoms with Crippen molar-refractivity contribution in [3.63, 3.8) is 0 Å². The summed E-state index contributed by atoms with van der Waals surface area (Å²) in [6, 6.07) is 5.91. The van der Waals surface area contributed by atoms with Gasteiger partial charge in [0.1, 0.15) is 0 Å². The van der Waals surface area contributed by atoms with E-state index in [-0.39, 0.29) is 5.38 Å². The molecule has 2 aromatic rings. The number of halogens is 2. The van der Waals surface area contributed by atoms with Crippen LogP contribution >= 0.6 is 27.5 Å². The van der Waals surface area contributed by atoms with Crippen LogP contribution in [0.3, 0.4) is 0 Å². The fraction of sp³-hybridized carbons (Fsp3) is 0.300. The Bertz CT molecular complexity index is 509. The van der Waals surface area contributed by atoms with Crippen LogP contribution in [0.5, 0.6) is 0 Å². The Labute approximate surface area is 107 Å². The maximum absolute atomic E-state index is 6.00. The minimum absolute atomic E-state index is 0.223. The van der Waals surface area contributed by atoms with Crippen molar-refractivity contribution in [2.24, 2.45) is 0 Å². The van der Waals surface area contributed by atoms with Gasteiger partial charge in [0, 0.05) is 4.47 Å². The molecule has 0 amide bonds. The fourth-order valence-electron chi connectivity index (χ4n) is 1.39. The van der Waals surface area contributed by atoms with Crippen molar-refractivity contribution in [3.05, 3.63) is 34.1 Å². The van der Waals surface area contributed by atoms with Gasteiger partial charge >= 0.3 is 0 Å². The molecule has 1 heterocycles. The molecule has 1 aromatic carbocycles. The lowest BCUT2D eigenvalue weighted by atomic mass is 10.2. The molecule has 0 fully saturated rings. The van der Waals surface area contributed by atoms with E-state index in [9.17, 15) is 0 Å². The van der Waals surface area contributed by atoms with Crippen molar-refractivity contribution in [3.8, 4) is 5.69 Å². The summed E-state index contributed by atoms with van der Waals surface area (Å²) in [4.78, 5) is 0. The second-order valence-corrected chi connectivity index (χ2v) is 5.01. The van der Waals surface area contributed by atoms with Gasteiger partial charge in [0.05, 0.1) is 11.1 Å². The van der Waals surface area contributed by atoms with Gasteiger partial charge in [0.2, 0.25) is 0 Å². The van der Waals surface area contributed by atoms with E-state index in [1.54, 1.807) is 4.68 Å². The Morgan fingerprint density at radius 2 is 2.19 bits per heavy atom. The number of aromatic nitrogens is 4. The first-order valence-electron chi connectivity index (χ1n) is 4.78. The average molecular weight is 302 g/mol. The zero-order valence-corrected chi connectivity index (χ0v) is 11.2. The molecular formula is C10H10BrClN4. The molecule has 0 aliphatic rings. The second-order valence-electron chi connectivity index (χ2n) is 3.50. The maximum atomic E-state index is 6.00. The summed E-state index contributed by atoms with van der Waals surface area (Å²) >= 11 is 9.45.